The molecule has 1 aliphatic heterocycles. The zero-order valence-corrected chi connectivity index (χ0v) is 9.06. The highest BCUT2D eigenvalue weighted by Crippen LogP contribution is 2.32. The normalized spacial score (nSPS) is 26.3. The van der Waals surface area contributed by atoms with Crippen molar-refractivity contribution in [3.05, 3.63) is 23.7 Å². The SMILES string of the molecule is CCN1C(=O)CC(N)C1c1ccc(C)o1. The summed E-state index contributed by atoms with van der Waals surface area (Å²) in [7, 11) is 0. The number of amides is 1. The van der Waals surface area contributed by atoms with Crippen LogP contribution in [0.2, 0.25) is 0 Å². The second kappa shape index (κ2) is 3.70. The maximum atomic E-state index is 11.6. The molecule has 1 aromatic heterocycles. The maximum Gasteiger partial charge on any atom is 0.224 e. The van der Waals surface area contributed by atoms with E-state index in [1.807, 2.05) is 26.0 Å². The van der Waals surface area contributed by atoms with Crippen molar-refractivity contribution >= 4 is 5.91 Å². The van der Waals surface area contributed by atoms with E-state index in [4.69, 9.17) is 10.2 Å². The number of nitrogens with zero attached hydrogens (tertiary/aromatic N) is 1. The first-order chi connectivity index (χ1) is 7.13. The Morgan fingerprint density at radius 2 is 2.33 bits per heavy atom. The highest BCUT2D eigenvalue weighted by molar-refractivity contribution is 5.80. The van der Waals surface area contributed by atoms with E-state index in [0.29, 0.717) is 13.0 Å². The van der Waals surface area contributed by atoms with Gasteiger partial charge in [0.2, 0.25) is 5.91 Å². The van der Waals surface area contributed by atoms with Gasteiger partial charge in [0.1, 0.15) is 17.6 Å². The molecule has 1 aliphatic rings. The molecule has 0 spiro atoms. The standard InChI is InChI=1S/C11H16N2O2/c1-3-13-10(14)6-8(12)11(13)9-5-4-7(2)15-9/h4-5,8,11H,3,6,12H2,1-2H3. The van der Waals surface area contributed by atoms with Crippen molar-refractivity contribution in [3.8, 4) is 0 Å². The van der Waals surface area contributed by atoms with Crippen LogP contribution < -0.4 is 5.73 Å². The van der Waals surface area contributed by atoms with Crippen molar-refractivity contribution in [2.24, 2.45) is 5.73 Å². The summed E-state index contributed by atoms with van der Waals surface area (Å²) in [5, 5.41) is 0. The lowest BCUT2D eigenvalue weighted by Gasteiger charge is -2.23. The van der Waals surface area contributed by atoms with Crippen LogP contribution in [0.25, 0.3) is 0 Å². The van der Waals surface area contributed by atoms with Crippen LogP contribution in [0, 0.1) is 6.92 Å². The van der Waals surface area contributed by atoms with Crippen LogP contribution in [0.1, 0.15) is 30.9 Å². The van der Waals surface area contributed by atoms with Gasteiger partial charge < -0.3 is 15.1 Å². The molecular formula is C11H16N2O2. The molecule has 0 aliphatic carbocycles. The summed E-state index contributed by atoms with van der Waals surface area (Å²) in [6.45, 7) is 4.53. The molecule has 82 valence electrons. The third-order valence-electron chi connectivity index (χ3n) is 2.87. The average molecular weight is 208 g/mol. The largest absolute Gasteiger partial charge is 0.464 e. The summed E-state index contributed by atoms with van der Waals surface area (Å²) in [4.78, 5) is 13.4. The number of rotatable bonds is 2. The van der Waals surface area contributed by atoms with Crippen LogP contribution in [0.15, 0.2) is 16.5 Å². The van der Waals surface area contributed by atoms with Crippen LogP contribution in [0.5, 0.6) is 0 Å². The summed E-state index contributed by atoms with van der Waals surface area (Å²) in [6.07, 6.45) is 0.415. The molecule has 1 amide bonds. The fourth-order valence-electron chi connectivity index (χ4n) is 2.17. The second-order valence-corrected chi connectivity index (χ2v) is 3.94. The molecule has 0 aromatic carbocycles. The smallest absolute Gasteiger partial charge is 0.224 e. The highest BCUT2D eigenvalue weighted by atomic mass is 16.3. The number of carbonyl (C=O) groups excluding carboxylic acids is 1. The zero-order valence-electron chi connectivity index (χ0n) is 9.06. The molecule has 2 unspecified atom stereocenters. The van der Waals surface area contributed by atoms with Gasteiger partial charge in [-0.1, -0.05) is 0 Å². The van der Waals surface area contributed by atoms with Gasteiger partial charge in [-0.15, -0.1) is 0 Å². The molecule has 1 saturated heterocycles. The second-order valence-electron chi connectivity index (χ2n) is 3.94. The Morgan fingerprint density at radius 1 is 1.60 bits per heavy atom. The number of nitrogens with two attached hydrogens (primary N) is 1. The highest BCUT2D eigenvalue weighted by Gasteiger charge is 2.39. The Labute approximate surface area is 89.0 Å². The van der Waals surface area contributed by atoms with Crippen molar-refractivity contribution < 1.29 is 9.21 Å². The summed E-state index contributed by atoms with van der Waals surface area (Å²) in [6, 6.07) is 3.57. The maximum absolute atomic E-state index is 11.6. The van der Waals surface area contributed by atoms with Crippen molar-refractivity contribution in [2.45, 2.75) is 32.4 Å². The number of likely N-dealkylation sites (N-methyl/N-ethyl adjacent to an activating group) is 1. The van der Waals surface area contributed by atoms with Crippen molar-refractivity contribution in [2.75, 3.05) is 6.54 Å². The van der Waals surface area contributed by atoms with E-state index in [2.05, 4.69) is 0 Å². The van der Waals surface area contributed by atoms with Gasteiger partial charge in [-0.2, -0.15) is 0 Å². The van der Waals surface area contributed by atoms with Crippen molar-refractivity contribution in [1.82, 2.24) is 4.90 Å². The molecule has 2 N–H and O–H groups in total. The predicted octanol–water partition coefficient (Wildman–Crippen LogP) is 1.21. The number of aryl methyl sites for hydroxylation is 1. The summed E-state index contributed by atoms with van der Waals surface area (Å²) in [5.41, 5.74) is 5.95. The number of hydrogen-bond acceptors (Lipinski definition) is 3. The minimum Gasteiger partial charge on any atom is -0.464 e. The lowest BCUT2D eigenvalue weighted by molar-refractivity contribution is -0.129. The first kappa shape index (κ1) is 10.2. The van der Waals surface area contributed by atoms with Crippen LogP contribution in [0.3, 0.4) is 0 Å². The molecule has 1 fully saturated rings. The minimum absolute atomic E-state index is 0.0869. The zero-order chi connectivity index (χ0) is 11.0. The molecule has 2 heterocycles. The molecule has 1 aromatic rings. The average Bonchev–Trinajstić information content (AvgIpc) is 2.70. The molecule has 2 rings (SSSR count). The molecular weight excluding hydrogens is 192 g/mol. The van der Waals surface area contributed by atoms with Crippen LogP contribution in [-0.4, -0.2) is 23.4 Å². The molecule has 4 nitrogen and oxygen atoms in total. The Kier molecular flexibility index (Phi) is 2.52. The third kappa shape index (κ3) is 1.65. The predicted molar refractivity (Wildman–Crippen MR) is 56.2 cm³/mol. The number of likely N-dealkylation sites (tertiary alicyclic amines) is 1. The third-order valence-corrected chi connectivity index (χ3v) is 2.87. The van der Waals surface area contributed by atoms with E-state index in [1.165, 1.54) is 0 Å². The van der Waals surface area contributed by atoms with Gasteiger partial charge in [-0.25, -0.2) is 0 Å². The Balaban J connectivity index is 2.30. The van der Waals surface area contributed by atoms with Crippen molar-refractivity contribution in [1.29, 1.82) is 0 Å². The summed E-state index contributed by atoms with van der Waals surface area (Å²) in [5.74, 6) is 1.77. The van der Waals surface area contributed by atoms with Gasteiger partial charge >= 0.3 is 0 Å². The topological polar surface area (TPSA) is 59.5 Å². The number of furan rings is 1. The van der Waals surface area contributed by atoms with Gasteiger partial charge in [0.15, 0.2) is 0 Å². The summed E-state index contributed by atoms with van der Waals surface area (Å²) >= 11 is 0. The van der Waals surface area contributed by atoms with Crippen LogP contribution in [0.4, 0.5) is 0 Å². The van der Waals surface area contributed by atoms with E-state index in [-0.39, 0.29) is 18.0 Å². The molecule has 0 saturated carbocycles. The molecule has 0 bridgehead atoms. The lowest BCUT2D eigenvalue weighted by atomic mass is 10.1. The Morgan fingerprint density at radius 3 is 2.87 bits per heavy atom. The fourth-order valence-corrected chi connectivity index (χ4v) is 2.17. The van der Waals surface area contributed by atoms with E-state index < -0.39 is 0 Å². The lowest BCUT2D eigenvalue weighted by Crippen LogP contribution is -2.32. The monoisotopic (exact) mass is 208 g/mol. The van der Waals surface area contributed by atoms with Crippen LogP contribution >= 0.6 is 0 Å². The quantitative estimate of drug-likeness (QED) is 0.794. The fraction of sp³-hybridized carbons (Fsp3) is 0.545. The Bertz CT molecular complexity index is 372. The van der Waals surface area contributed by atoms with E-state index >= 15 is 0 Å². The number of carbonyl (C=O) groups is 1. The van der Waals surface area contributed by atoms with E-state index in [0.717, 1.165) is 11.5 Å². The summed E-state index contributed by atoms with van der Waals surface area (Å²) < 4.78 is 5.54. The minimum atomic E-state index is -0.150. The first-order valence-electron chi connectivity index (χ1n) is 5.25. The van der Waals surface area contributed by atoms with Crippen LogP contribution in [-0.2, 0) is 4.79 Å². The van der Waals surface area contributed by atoms with Gasteiger partial charge in [-0.05, 0) is 26.0 Å². The van der Waals surface area contributed by atoms with Crippen molar-refractivity contribution in [3.63, 3.8) is 0 Å². The van der Waals surface area contributed by atoms with Gasteiger partial charge in [0, 0.05) is 19.0 Å². The van der Waals surface area contributed by atoms with E-state index in [1.54, 1.807) is 4.90 Å². The van der Waals surface area contributed by atoms with Gasteiger partial charge in [0.05, 0.1) is 0 Å². The molecule has 4 heteroatoms. The van der Waals surface area contributed by atoms with Gasteiger partial charge in [-0.3, -0.25) is 4.79 Å². The number of hydrogen-bond donors (Lipinski definition) is 1. The molecule has 0 radical (unpaired) electrons. The van der Waals surface area contributed by atoms with E-state index in [9.17, 15) is 4.79 Å². The first-order valence-corrected chi connectivity index (χ1v) is 5.25. The molecule has 2 atom stereocenters. The van der Waals surface area contributed by atoms with Gasteiger partial charge in [0.25, 0.3) is 0 Å². The Hall–Kier alpha value is -1.29. The molecule has 15 heavy (non-hydrogen) atoms.